The normalized spacial score (nSPS) is 10.7. The van der Waals surface area contributed by atoms with Crippen LogP contribution in [0, 0.1) is 0 Å². The van der Waals surface area contributed by atoms with E-state index >= 15 is 0 Å². The average Bonchev–Trinajstić information content (AvgIpc) is 2.51. The zero-order chi connectivity index (χ0) is 14.9. The quantitative estimate of drug-likeness (QED) is 0.546. The molecule has 0 atom stereocenters. The second-order valence-electron chi connectivity index (χ2n) is 5.29. The highest BCUT2D eigenvalue weighted by Gasteiger charge is 2.00. The first-order valence-electron chi connectivity index (χ1n) is 7.35. The van der Waals surface area contributed by atoms with Gasteiger partial charge in [0.15, 0.2) is 0 Å². The molecule has 0 aromatic heterocycles. The van der Waals surface area contributed by atoms with Gasteiger partial charge in [0.05, 0.1) is 6.61 Å². The molecule has 0 saturated carbocycles. The third-order valence-corrected chi connectivity index (χ3v) is 3.18. The monoisotopic (exact) mass is 317 g/mol. The molecule has 0 heterocycles. The van der Waals surface area contributed by atoms with Gasteiger partial charge in [-0.25, -0.2) is 0 Å². The fourth-order valence-electron chi connectivity index (χ4n) is 2.06. The molecule has 0 aliphatic carbocycles. The summed E-state index contributed by atoms with van der Waals surface area (Å²) in [6.45, 7) is 1.79. The summed E-state index contributed by atoms with van der Waals surface area (Å²) < 4.78 is 5.90. The van der Waals surface area contributed by atoms with Crippen LogP contribution >= 0.6 is 12.4 Å². The van der Waals surface area contributed by atoms with Gasteiger partial charge in [0.1, 0.15) is 5.75 Å². The van der Waals surface area contributed by atoms with Crippen LogP contribution in [0.25, 0.3) is 12.2 Å². The molecule has 2 rings (SSSR count). The van der Waals surface area contributed by atoms with E-state index in [1.807, 2.05) is 36.4 Å². The number of ether oxygens (including phenoxy) is 1. The molecule has 22 heavy (non-hydrogen) atoms. The van der Waals surface area contributed by atoms with Crippen LogP contribution in [-0.2, 0) is 0 Å². The van der Waals surface area contributed by atoms with Crippen LogP contribution in [0.15, 0.2) is 54.6 Å². The Morgan fingerprint density at radius 2 is 1.59 bits per heavy atom. The van der Waals surface area contributed by atoms with E-state index in [9.17, 15) is 0 Å². The van der Waals surface area contributed by atoms with Gasteiger partial charge in [0.25, 0.3) is 0 Å². The van der Waals surface area contributed by atoms with Crippen LogP contribution in [0.1, 0.15) is 17.5 Å². The second kappa shape index (κ2) is 10.0. The summed E-state index contributed by atoms with van der Waals surface area (Å²) in [6.07, 6.45) is 5.25. The van der Waals surface area contributed by atoms with Gasteiger partial charge in [0, 0.05) is 12.1 Å². The molecule has 0 N–H and O–H groups in total. The van der Waals surface area contributed by atoms with Crippen LogP contribution in [0.2, 0.25) is 0 Å². The summed E-state index contributed by atoms with van der Waals surface area (Å²) >= 11 is 0. The predicted molar refractivity (Wildman–Crippen MR) is 97.7 cm³/mol. The molecular formula is C19H24ClNO. The lowest BCUT2D eigenvalue weighted by Crippen LogP contribution is -2.15. The van der Waals surface area contributed by atoms with Crippen molar-refractivity contribution in [1.82, 2.24) is 4.90 Å². The van der Waals surface area contributed by atoms with Crippen LogP contribution in [0.5, 0.6) is 5.75 Å². The molecule has 0 unspecified atom stereocenters. The molecule has 2 nitrogen and oxygen atoms in total. The van der Waals surface area contributed by atoms with Gasteiger partial charge in [-0.15, -0.1) is 12.4 Å². The molecule has 0 bridgehead atoms. The van der Waals surface area contributed by atoms with Crippen molar-refractivity contribution in [2.45, 2.75) is 6.42 Å². The summed E-state index contributed by atoms with van der Waals surface area (Å²) in [7, 11) is 4.16. The van der Waals surface area contributed by atoms with Crippen molar-refractivity contribution in [1.29, 1.82) is 0 Å². The standard InChI is InChI=1S/C19H23NO.ClH/c1-20(2)15-8-16-21-19-12-7-6-11-18(19)14-13-17-9-4-3-5-10-17;/h3-7,9-14H,8,15-16H2,1-2H3;1H/b14-13+;. The molecule has 0 amide bonds. The van der Waals surface area contributed by atoms with Crippen molar-refractivity contribution in [3.8, 4) is 5.75 Å². The zero-order valence-electron chi connectivity index (χ0n) is 13.2. The largest absolute Gasteiger partial charge is 0.493 e. The number of halogens is 1. The lowest BCUT2D eigenvalue weighted by Gasteiger charge is -2.11. The smallest absolute Gasteiger partial charge is 0.126 e. The zero-order valence-corrected chi connectivity index (χ0v) is 14.1. The summed E-state index contributed by atoms with van der Waals surface area (Å²) in [4.78, 5) is 2.17. The molecule has 0 radical (unpaired) electrons. The molecule has 118 valence electrons. The summed E-state index contributed by atoms with van der Waals surface area (Å²) in [5, 5.41) is 0. The fraction of sp³-hybridized carbons (Fsp3) is 0.263. The SMILES string of the molecule is CN(C)CCCOc1ccccc1/C=C/c1ccccc1.Cl. The molecule has 2 aromatic rings. The number of hydrogen-bond acceptors (Lipinski definition) is 2. The second-order valence-corrected chi connectivity index (χ2v) is 5.29. The molecule has 3 heteroatoms. The van der Waals surface area contributed by atoms with E-state index in [1.54, 1.807) is 0 Å². The average molecular weight is 318 g/mol. The summed E-state index contributed by atoms with van der Waals surface area (Å²) in [5.74, 6) is 0.948. The van der Waals surface area contributed by atoms with Crippen molar-refractivity contribution in [3.63, 3.8) is 0 Å². The van der Waals surface area contributed by atoms with Gasteiger partial charge in [-0.2, -0.15) is 0 Å². The number of hydrogen-bond donors (Lipinski definition) is 0. The van der Waals surface area contributed by atoms with E-state index in [4.69, 9.17) is 4.74 Å². The highest BCUT2D eigenvalue weighted by molar-refractivity contribution is 5.85. The first kappa shape index (κ1) is 18.3. The lowest BCUT2D eigenvalue weighted by atomic mass is 10.1. The minimum absolute atomic E-state index is 0. The summed E-state index contributed by atoms with van der Waals surface area (Å²) in [6, 6.07) is 18.5. The van der Waals surface area contributed by atoms with Crippen LogP contribution in [0.4, 0.5) is 0 Å². The Morgan fingerprint density at radius 3 is 2.32 bits per heavy atom. The van der Waals surface area contributed by atoms with Crippen molar-refractivity contribution in [3.05, 3.63) is 65.7 Å². The lowest BCUT2D eigenvalue weighted by molar-refractivity contribution is 0.281. The minimum atomic E-state index is 0. The molecule has 0 aliphatic rings. The van der Waals surface area contributed by atoms with E-state index in [0.717, 1.165) is 30.9 Å². The van der Waals surface area contributed by atoms with Crippen LogP contribution < -0.4 is 4.74 Å². The van der Waals surface area contributed by atoms with Gasteiger partial charge in [-0.3, -0.25) is 0 Å². The number of rotatable bonds is 7. The number of nitrogens with zero attached hydrogens (tertiary/aromatic N) is 1. The molecule has 0 saturated heterocycles. The highest BCUT2D eigenvalue weighted by Crippen LogP contribution is 2.20. The van der Waals surface area contributed by atoms with E-state index in [1.165, 1.54) is 5.56 Å². The van der Waals surface area contributed by atoms with E-state index in [0.29, 0.717) is 0 Å². The molecule has 0 aliphatic heterocycles. The van der Waals surface area contributed by atoms with Crippen molar-refractivity contribution >= 4 is 24.6 Å². The molecular weight excluding hydrogens is 294 g/mol. The van der Waals surface area contributed by atoms with E-state index in [-0.39, 0.29) is 12.4 Å². The Bertz CT molecular complexity index is 567. The Morgan fingerprint density at radius 1 is 0.909 bits per heavy atom. The number of para-hydroxylation sites is 1. The summed E-state index contributed by atoms with van der Waals surface area (Å²) in [5.41, 5.74) is 2.31. The third-order valence-electron chi connectivity index (χ3n) is 3.18. The Labute approximate surface area is 139 Å². The Balaban J connectivity index is 0.00000242. The topological polar surface area (TPSA) is 12.5 Å². The Kier molecular flexibility index (Phi) is 8.34. The molecule has 2 aromatic carbocycles. The molecule has 0 fully saturated rings. The third kappa shape index (κ3) is 6.33. The maximum absolute atomic E-state index is 5.90. The van der Waals surface area contributed by atoms with Crippen molar-refractivity contribution in [2.75, 3.05) is 27.2 Å². The van der Waals surface area contributed by atoms with E-state index < -0.39 is 0 Å². The van der Waals surface area contributed by atoms with Gasteiger partial charge >= 0.3 is 0 Å². The van der Waals surface area contributed by atoms with Gasteiger partial charge in [0.2, 0.25) is 0 Å². The maximum atomic E-state index is 5.90. The molecule has 0 spiro atoms. The number of benzene rings is 2. The fourth-order valence-corrected chi connectivity index (χ4v) is 2.06. The van der Waals surface area contributed by atoms with Gasteiger partial charge in [-0.1, -0.05) is 60.7 Å². The van der Waals surface area contributed by atoms with Gasteiger partial charge in [-0.05, 0) is 32.1 Å². The predicted octanol–water partition coefficient (Wildman–Crippen LogP) is 4.61. The van der Waals surface area contributed by atoms with Crippen LogP contribution in [0.3, 0.4) is 0 Å². The van der Waals surface area contributed by atoms with Crippen molar-refractivity contribution < 1.29 is 4.74 Å². The van der Waals surface area contributed by atoms with Gasteiger partial charge < -0.3 is 9.64 Å². The minimum Gasteiger partial charge on any atom is -0.493 e. The van der Waals surface area contributed by atoms with Crippen molar-refractivity contribution in [2.24, 2.45) is 0 Å². The Hall–Kier alpha value is -1.77. The highest BCUT2D eigenvalue weighted by atomic mass is 35.5. The maximum Gasteiger partial charge on any atom is 0.126 e. The first-order valence-corrected chi connectivity index (χ1v) is 7.35. The van der Waals surface area contributed by atoms with E-state index in [2.05, 4.69) is 49.3 Å². The van der Waals surface area contributed by atoms with Crippen LogP contribution in [-0.4, -0.2) is 32.1 Å². The first-order chi connectivity index (χ1) is 10.3.